The van der Waals surface area contributed by atoms with E-state index in [1.165, 1.54) is 16.8 Å². The second-order valence-electron chi connectivity index (χ2n) is 12.1. The van der Waals surface area contributed by atoms with Crippen LogP contribution in [0.3, 0.4) is 0 Å². The molecule has 0 spiro atoms. The summed E-state index contributed by atoms with van der Waals surface area (Å²) in [5, 5.41) is 22.7. The molecule has 2 aliphatic carbocycles. The van der Waals surface area contributed by atoms with Gasteiger partial charge in [-0.05, 0) is 64.7 Å². The van der Waals surface area contributed by atoms with Crippen LogP contribution in [-0.4, -0.2) is 68.4 Å². The fourth-order valence-electron chi connectivity index (χ4n) is 4.72. The molecule has 3 aromatic rings. The predicted octanol–water partition coefficient (Wildman–Crippen LogP) is 3.97. The third-order valence-corrected chi connectivity index (χ3v) is 7.66. The summed E-state index contributed by atoms with van der Waals surface area (Å²) in [6.07, 6.45) is 5.44. The number of fused-ring (bicyclic) bond motifs is 1. The fourth-order valence-corrected chi connectivity index (χ4v) is 5.39. The van der Waals surface area contributed by atoms with Gasteiger partial charge in [0.25, 0.3) is 0 Å². The van der Waals surface area contributed by atoms with E-state index < -0.39 is 29.0 Å². The number of nitriles is 1. The van der Waals surface area contributed by atoms with E-state index in [4.69, 9.17) is 9.47 Å². The minimum absolute atomic E-state index is 0.102. The molecule has 1 atom stereocenters. The number of amides is 2. The van der Waals surface area contributed by atoms with Crippen molar-refractivity contribution in [3.8, 4) is 11.9 Å². The van der Waals surface area contributed by atoms with Crippen molar-refractivity contribution in [2.75, 3.05) is 30.1 Å². The summed E-state index contributed by atoms with van der Waals surface area (Å²) in [6, 6.07) is 9.38. The monoisotopic (exact) mass is 608 g/mol. The van der Waals surface area contributed by atoms with E-state index >= 15 is 0 Å². The molecule has 228 valence electrons. The highest BCUT2D eigenvalue weighted by Gasteiger charge is 2.46. The molecule has 2 aliphatic rings. The normalized spacial score (nSPS) is 16.1. The lowest BCUT2D eigenvalue weighted by Crippen LogP contribution is -2.46. The van der Waals surface area contributed by atoms with Crippen molar-refractivity contribution in [3.63, 3.8) is 0 Å². The van der Waals surface area contributed by atoms with Gasteiger partial charge >= 0.3 is 12.2 Å². The van der Waals surface area contributed by atoms with E-state index in [0.717, 1.165) is 36.9 Å². The van der Waals surface area contributed by atoms with E-state index in [9.17, 15) is 19.4 Å². The number of aromatic nitrogens is 3. The Morgan fingerprint density at radius 2 is 2.00 bits per heavy atom. The lowest BCUT2D eigenvalue weighted by atomic mass is 10.1. The van der Waals surface area contributed by atoms with Crippen LogP contribution in [0.1, 0.15) is 57.6 Å². The Labute approximate surface area is 253 Å². The van der Waals surface area contributed by atoms with E-state index in [1.54, 1.807) is 6.26 Å². The zero-order valence-electron chi connectivity index (χ0n) is 24.9. The molecule has 2 fully saturated rings. The average molecular weight is 609 g/mol. The maximum Gasteiger partial charge on any atom is 0.414 e. The standard InChI is InChI=1S/C29H36N8O5S/c1-28(2,3)42-27(39)35-29(10-11-29)17-36(4)22-9-8-21(12-18(22)16-43(5)40)32-23-13-24(41-26(38)33-20-6-7-20)37-25(34-23)19(14-30)15-31-37/h8-9,12-13,15,20H,6-7,10-11,16-17H2,1-5H3,(H,32,34)(H,33,38)(H,35,39). The summed E-state index contributed by atoms with van der Waals surface area (Å²) < 4.78 is 24.6. The lowest BCUT2D eigenvalue weighted by molar-refractivity contribution is 0.0498. The Morgan fingerprint density at radius 1 is 1.26 bits per heavy atom. The number of nitrogens with zero attached hydrogens (tertiary/aromatic N) is 5. The summed E-state index contributed by atoms with van der Waals surface area (Å²) in [5.74, 6) is 0.748. The molecule has 13 nitrogen and oxygen atoms in total. The summed E-state index contributed by atoms with van der Waals surface area (Å²) in [5.41, 5.74) is 1.87. The largest absolute Gasteiger partial charge is 0.616 e. The molecular weight excluding hydrogens is 572 g/mol. The van der Waals surface area contributed by atoms with Crippen LogP contribution in [0.5, 0.6) is 5.88 Å². The van der Waals surface area contributed by atoms with Gasteiger partial charge in [-0.1, -0.05) is 11.2 Å². The third kappa shape index (κ3) is 7.79. The molecule has 1 aromatic carbocycles. The van der Waals surface area contributed by atoms with Gasteiger partial charge < -0.3 is 34.9 Å². The van der Waals surface area contributed by atoms with Crippen LogP contribution >= 0.6 is 0 Å². The maximum atomic E-state index is 12.4. The molecule has 0 radical (unpaired) electrons. The van der Waals surface area contributed by atoms with Crippen molar-refractivity contribution < 1.29 is 23.6 Å². The lowest BCUT2D eigenvalue weighted by Gasteiger charge is -2.29. The van der Waals surface area contributed by atoms with Crippen molar-refractivity contribution in [2.45, 2.75) is 69.4 Å². The molecule has 3 N–H and O–H groups in total. The second kappa shape index (κ2) is 11.8. The number of alkyl carbamates (subject to hydrolysis) is 1. The van der Waals surface area contributed by atoms with Gasteiger partial charge in [0, 0.05) is 42.6 Å². The Morgan fingerprint density at radius 3 is 2.63 bits per heavy atom. The molecular formula is C29H36N8O5S. The first-order valence-electron chi connectivity index (χ1n) is 14.0. The van der Waals surface area contributed by atoms with Crippen molar-refractivity contribution in [1.82, 2.24) is 25.2 Å². The quantitative estimate of drug-likeness (QED) is 0.286. The average Bonchev–Trinajstić information content (AvgIpc) is 3.81. The highest BCUT2D eigenvalue weighted by molar-refractivity contribution is 7.89. The first-order chi connectivity index (χ1) is 20.3. The van der Waals surface area contributed by atoms with Gasteiger partial charge in [-0.3, -0.25) is 0 Å². The number of anilines is 3. The number of benzene rings is 1. The minimum atomic E-state index is -1.13. The van der Waals surface area contributed by atoms with Crippen molar-refractivity contribution >= 4 is 46.2 Å². The molecule has 0 bridgehead atoms. The number of carbonyl (C=O) groups excluding carboxylic acids is 2. The van der Waals surface area contributed by atoms with Crippen LogP contribution < -0.4 is 25.6 Å². The van der Waals surface area contributed by atoms with Crippen LogP contribution in [0.25, 0.3) is 5.65 Å². The molecule has 2 aromatic heterocycles. The molecule has 0 aliphatic heterocycles. The number of hydrogen-bond donors (Lipinski definition) is 3. The Kier molecular flexibility index (Phi) is 8.31. The Hall–Kier alpha value is -4.22. The number of rotatable bonds is 10. The maximum absolute atomic E-state index is 12.4. The number of ether oxygens (including phenoxy) is 2. The fraction of sp³-hybridized carbons (Fsp3) is 0.483. The number of hydrogen-bond acceptors (Lipinski definition) is 10. The summed E-state index contributed by atoms with van der Waals surface area (Å²) in [7, 11) is 1.94. The Bertz CT molecular complexity index is 1570. The van der Waals surface area contributed by atoms with Gasteiger partial charge in [0.15, 0.2) is 5.65 Å². The molecule has 5 rings (SSSR count). The first kappa shape index (κ1) is 30.2. The highest BCUT2D eigenvalue weighted by Crippen LogP contribution is 2.38. The van der Waals surface area contributed by atoms with E-state index in [0.29, 0.717) is 23.8 Å². The molecule has 14 heteroatoms. The third-order valence-electron chi connectivity index (χ3n) is 6.94. The van der Waals surface area contributed by atoms with Crippen molar-refractivity contribution in [2.24, 2.45) is 0 Å². The smallest absolute Gasteiger partial charge is 0.414 e. The van der Waals surface area contributed by atoms with Gasteiger partial charge in [0.2, 0.25) is 5.88 Å². The molecule has 0 saturated heterocycles. The van der Waals surface area contributed by atoms with Gasteiger partial charge in [-0.2, -0.15) is 14.9 Å². The molecule has 2 amide bonds. The van der Waals surface area contributed by atoms with Crippen LogP contribution in [0, 0.1) is 11.3 Å². The zero-order chi connectivity index (χ0) is 30.9. The SMILES string of the molecule is CN(CC1(NC(=O)OC(C)(C)C)CC1)c1ccc(Nc2cc(OC(=O)NC3CC3)n3ncc(C#N)c3n2)cc1C[S+](C)[O-]. The van der Waals surface area contributed by atoms with Crippen LogP contribution in [-0.2, 0) is 21.7 Å². The van der Waals surface area contributed by atoms with Gasteiger partial charge in [-0.15, -0.1) is 0 Å². The second-order valence-corrected chi connectivity index (χ2v) is 13.6. The van der Waals surface area contributed by atoms with Crippen LogP contribution in [0.2, 0.25) is 0 Å². The number of likely N-dealkylation sites (N-methyl/N-ethyl adjacent to an activating group) is 1. The van der Waals surface area contributed by atoms with E-state index in [1.807, 2.05) is 46.0 Å². The molecule has 2 heterocycles. The minimum Gasteiger partial charge on any atom is -0.616 e. The molecule has 2 saturated carbocycles. The van der Waals surface area contributed by atoms with Gasteiger partial charge in [-0.25, -0.2) is 14.6 Å². The van der Waals surface area contributed by atoms with Crippen molar-refractivity contribution in [1.29, 1.82) is 5.26 Å². The topological polar surface area (TPSA) is 169 Å². The first-order valence-corrected chi connectivity index (χ1v) is 15.8. The number of nitrogens with one attached hydrogen (secondary N) is 3. The number of carbonyl (C=O) groups is 2. The summed E-state index contributed by atoms with van der Waals surface area (Å²) in [4.78, 5) is 31.4. The zero-order valence-corrected chi connectivity index (χ0v) is 25.7. The molecule has 43 heavy (non-hydrogen) atoms. The van der Waals surface area contributed by atoms with Crippen LogP contribution in [0.4, 0.5) is 26.8 Å². The van der Waals surface area contributed by atoms with Crippen molar-refractivity contribution in [3.05, 3.63) is 41.6 Å². The van der Waals surface area contributed by atoms with Crippen LogP contribution in [0.15, 0.2) is 30.5 Å². The predicted molar refractivity (Wildman–Crippen MR) is 162 cm³/mol. The van der Waals surface area contributed by atoms with E-state index in [-0.39, 0.29) is 28.7 Å². The molecule has 1 unspecified atom stereocenters. The highest BCUT2D eigenvalue weighted by atomic mass is 32.2. The van der Waals surface area contributed by atoms with E-state index in [2.05, 4.69) is 37.0 Å². The summed E-state index contributed by atoms with van der Waals surface area (Å²) >= 11 is -1.13. The van der Waals surface area contributed by atoms with Gasteiger partial charge in [0.05, 0.1) is 18.0 Å². The van der Waals surface area contributed by atoms with Gasteiger partial charge in [0.1, 0.15) is 28.8 Å². The summed E-state index contributed by atoms with van der Waals surface area (Å²) in [6.45, 7) is 6.05. The Balaban J connectivity index is 1.37.